The zero-order valence-corrected chi connectivity index (χ0v) is 35.0. The quantitative estimate of drug-likeness (QED) is 0.0273. The van der Waals surface area contributed by atoms with E-state index in [2.05, 4.69) is 105 Å². The van der Waals surface area contributed by atoms with Crippen molar-refractivity contribution in [3.8, 4) is 0 Å². The summed E-state index contributed by atoms with van der Waals surface area (Å²) >= 11 is 0. The van der Waals surface area contributed by atoms with Gasteiger partial charge in [0.15, 0.2) is 6.10 Å². The molecule has 0 aliphatic rings. The molecule has 312 valence electrons. The molecule has 0 amide bonds. The van der Waals surface area contributed by atoms with Crippen molar-refractivity contribution < 1.29 is 37.6 Å². The second kappa shape index (κ2) is 40.6. The van der Waals surface area contributed by atoms with E-state index in [0.29, 0.717) is 12.8 Å². The predicted molar refractivity (Wildman–Crippen MR) is 228 cm³/mol. The molecule has 55 heavy (non-hydrogen) atoms. The Morgan fingerprint density at radius 3 is 1.53 bits per heavy atom. The molecule has 0 spiro atoms. The molecule has 0 aromatic heterocycles. The first-order valence-corrected chi connectivity index (χ1v) is 22.2. The number of ether oxygens (including phenoxy) is 2. The maximum Gasteiger partial charge on any atom is 0.472 e. The zero-order chi connectivity index (χ0) is 40.3. The van der Waals surface area contributed by atoms with E-state index >= 15 is 0 Å². The molecule has 0 aromatic rings. The predicted octanol–water partition coefficient (Wildman–Crippen LogP) is 11.8. The summed E-state index contributed by atoms with van der Waals surface area (Å²) < 4.78 is 32.7. The second-order valence-corrected chi connectivity index (χ2v) is 14.6. The highest BCUT2D eigenvalue weighted by Crippen LogP contribution is 2.43. The molecule has 0 aliphatic heterocycles. The Balaban J connectivity index is 4.35. The fraction of sp³-hybridized carbons (Fsp3) is 0.600. The van der Waals surface area contributed by atoms with Gasteiger partial charge in [-0.3, -0.25) is 18.6 Å². The van der Waals surface area contributed by atoms with E-state index < -0.39 is 32.5 Å². The zero-order valence-electron chi connectivity index (χ0n) is 34.1. The summed E-state index contributed by atoms with van der Waals surface area (Å²) in [6.45, 7) is 3.46. The number of esters is 2. The van der Waals surface area contributed by atoms with Gasteiger partial charge in [-0.05, 0) is 89.9 Å². The van der Waals surface area contributed by atoms with Crippen molar-refractivity contribution in [2.75, 3.05) is 26.4 Å². The van der Waals surface area contributed by atoms with E-state index in [1.807, 2.05) is 6.08 Å². The Morgan fingerprint density at radius 2 is 1.02 bits per heavy atom. The smallest absolute Gasteiger partial charge is 0.462 e. The Morgan fingerprint density at radius 1 is 0.564 bits per heavy atom. The third kappa shape index (κ3) is 40.4. The lowest BCUT2D eigenvalue weighted by molar-refractivity contribution is -0.161. The minimum Gasteiger partial charge on any atom is -0.462 e. The molecule has 1 unspecified atom stereocenters. The van der Waals surface area contributed by atoms with E-state index in [9.17, 15) is 19.0 Å². The van der Waals surface area contributed by atoms with Gasteiger partial charge >= 0.3 is 19.8 Å². The number of allylic oxidation sites excluding steroid dienone is 16. The molecule has 9 nitrogen and oxygen atoms in total. The number of phosphoric ester groups is 1. The Labute approximate surface area is 334 Å². The molecule has 3 N–H and O–H groups in total. The maximum absolute atomic E-state index is 12.6. The van der Waals surface area contributed by atoms with E-state index in [1.54, 1.807) is 0 Å². The standard InChI is InChI=1S/C45H74NO8P/c1-3-5-7-9-11-13-15-17-19-21-23-25-27-29-31-33-35-37-44(47)51-41-43(42-53-55(49,50)52-40-39-46)54-45(48)38-36-34-32-30-28-26-24-22-20-18-16-14-12-10-8-6-4-2/h6,8,11-14,17-20,23-26,29,31,43H,3-5,7,9-10,15-16,21-22,27-28,30,32-42,46H2,1-2H3,(H,49,50)/t43-/m1/s1. The maximum atomic E-state index is 12.6. The van der Waals surface area contributed by atoms with Crippen LogP contribution in [-0.2, 0) is 32.7 Å². The summed E-state index contributed by atoms with van der Waals surface area (Å²) in [4.78, 5) is 34.8. The van der Waals surface area contributed by atoms with Gasteiger partial charge in [-0.25, -0.2) is 4.57 Å². The average Bonchev–Trinajstić information content (AvgIpc) is 3.17. The van der Waals surface area contributed by atoms with Gasteiger partial charge in [0.1, 0.15) is 6.61 Å². The first-order valence-electron chi connectivity index (χ1n) is 20.7. The van der Waals surface area contributed by atoms with Gasteiger partial charge in [-0.1, -0.05) is 137 Å². The second-order valence-electron chi connectivity index (χ2n) is 13.1. The van der Waals surface area contributed by atoms with Crippen LogP contribution in [0.15, 0.2) is 97.2 Å². The van der Waals surface area contributed by atoms with Crippen molar-refractivity contribution >= 4 is 19.8 Å². The first-order chi connectivity index (χ1) is 26.8. The number of unbranched alkanes of at least 4 members (excludes halogenated alkanes) is 8. The summed E-state index contributed by atoms with van der Waals surface area (Å²) in [5, 5.41) is 0. The highest BCUT2D eigenvalue weighted by atomic mass is 31.2. The topological polar surface area (TPSA) is 134 Å². The molecule has 2 atom stereocenters. The number of hydrogen-bond acceptors (Lipinski definition) is 8. The molecular formula is C45H74NO8P. The Kier molecular flexibility index (Phi) is 38.3. The number of rotatable bonds is 37. The van der Waals surface area contributed by atoms with Crippen molar-refractivity contribution in [1.82, 2.24) is 0 Å². The van der Waals surface area contributed by atoms with Gasteiger partial charge in [0.05, 0.1) is 13.2 Å². The van der Waals surface area contributed by atoms with Crippen LogP contribution in [0.5, 0.6) is 0 Å². The molecule has 0 saturated heterocycles. The highest BCUT2D eigenvalue weighted by molar-refractivity contribution is 7.47. The summed E-state index contributed by atoms with van der Waals surface area (Å²) in [5.41, 5.74) is 5.34. The third-order valence-electron chi connectivity index (χ3n) is 7.95. The summed E-state index contributed by atoms with van der Waals surface area (Å²) in [5.74, 6) is -0.934. The van der Waals surface area contributed by atoms with Gasteiger partial charge in [0.2, 0.25) is 0 Å². The molecule has 0 radical (unpaired) electrons. The molecule has 0 heterocycles. The summed E-state index contributed by atoms with van der Waals surface area (Å²) in [6, 6.07) is 0. The van der Waals surface area contributed by atoms with Crippen molar-refractivity contribution in [3.63, 3.8) is 0 Å². The van der Waals surface area contributed by atoms with Gasteiger partial charge in [0.25, 0.3) is 0 Å². The van der Waals surface area contributed by atoms with Crippen LogP contribution >= 0.6 is 7.82 Å². The van der Waals surface area contributed by atoms with Crippen LogP contribution in [-0.4, -0.2) is 49.3 Å². The number of carbonyl (C=O) groups excluding carboxylic acids is 2. The molecule has 0 aliphatic carbocycles. The van der Waals surface area contributed by atoms with E-state index in [0.717, 1.165) is 77.0 Å². The third-order valence-corrected chi connectivity index (χ3v) is 8.94. The van der Waals surface area contributed by atoms with Gasteiger partial charge in [-0.15, -0.1) is 0 Å². The number of nitrogens with two attached hydrogens (primary N) is 1. The van der Waals surface area contributed by atoms with Crippen LogP contribution in [0.2, 0.25) is 0 Å². The van der Waals surface area contributed by atoms with E-state index in [1.165, 1.54) is 25.7 Å². The molecule has 0 bridgehead atoms. The SMILES string of the molecule is CCC=CCC=CCC=CCC=CCCCCCCC(=O)O[C@H](COC(=O)CCCC=CCC=CCC=CCC=CCCCCC)COP(=O)(O)OCCN. The molecule has 10 heteroatoms. The van der Waals surface area contributed by atoms with Crippen molar-refractivity contribution in [1.29, 1.82) is 0 Å². The lowest BCUT2D eigenvalue weighted by Crippen LogP contribution is -2.29. The largest absolute Gasteiger partial charge is 0.472 e. The average molecular weight is 788 g/mol. The van der Waals surface area contributed by atoms with Crippen molar-refractivity contribution in [2.24, 2.45) is 5.73 Å². The first kappa shape index (κ1) is 51.9. The van der Waals surface area contributed by atoms with Gasteiger partial charge in [-0.2, -0.15) is 0 Å². The lowest BCUT2D eigenvalue weighted by Gasteiger charge is -2.19. The minimum absolute atomic E-state index is 0.0361. The summed E-state index contributed by atoms with van der Waals surface area (Å²) in [6.07, 6.45) is 51.5. The van der Waals surface area contributed by atoms with E-state index in [-0.39, 0.29) is 32.6 Å². The molecule has 0 aromatic carbocycles. The van der Waals surface area contributed by atoms with Crippen molar-refractivity contribution in [2.45, 2.75) is 148 Å². The fourth-order valence-corrected chi connectivity index (χ4v) is 5.67. The molecule has 0 rings (SSSR count). The van der Waals surface area contributed by atoms with E-state index in [4.69, 9.17) is 24.3 Å². The monoisotopic (exact) mass is 788 g/mol. The van der Waals surface area contributed by atoms with Gasteiger partial charge in [0, 0.05) is 19.4 Å². The Hall–Kier alpha value is -3.07. The van der Waals surface area contributed by atoms with Crippen LogP contribution < -0.4 is 5.73 Å². The normalized spacial score (nSPS) is 14.3. The number of hydrogen-bond donors (Lipinski definition) is 2. The van der Waals surface area contributed by atoms with Crippen LogP contribution in [0.25, 0.3) is 0 Å². The van der Waals surface area contributed by atoms with Gasteiger partial charge < -0.3 is 20.1 Å². The lowest BCUT2D eigenvalue weighted by atomic mass is 10.1. The Bertz CT molecular complexity index is 1220. The number of phosphoric acid groups is 1. The fourth-order valence-electron chi connectivity index (χ4n) is 4.91. The van der Waals surface area contributed by atoms with Crippen LogP contribution in [0.4, 0.5) is 0 Å². The van der Waals surface area contributed by atoms with Crippen molar-refractivity contribution in [3.05, 3.63) is 97.2 Å². The summed E-state index contributed by atoms with van der Waals surface area (Å²) in [7, 11) is -4.40. The highest BCUT2D eigenvalue weighted by Gasteiger charge is 2.25. The molecule has 0 fully saturated rings. The molecule has 0 saturated carbocycles. The minimum atomic E-state index is -4.40. The van der Waals surface area contributed by atoms with Crippen LogP contribution in [0, 0.1) is 0 Å². The number of carbonyl (C=O) groups is 2. The molecular weight excluding hydrogens is 713 g/mol. The van der Waals surface area contributed by atoms with Crippen LogP contribution in [0.3, 0.4) is 0 Å². The van der Waals surface area contributed by atoms with Crippen LogP contribution in [0.1, 0.15) is 142 Å².